The van der Waals surface area contributed by atoms with Crippen molar-refractivity contribution in [1.29, 1.82) is 0 Å². The highest BCUT2D eigenvalue weighted by Gasteiger charge is 2.38. The number of benzene rings is 1. The lowest BCUT2D eigenvalue weighted by atomic mass is 9.86. The third-order valence-corrected chi connectivity index (χ3v) is 6.49. The van der Waals surface area contributed by atoms with Gasteiger partial charge in [0.2, 0.25) is 5.91 Å². The molecule has 146 valence electrons. The van der Waals surface area contributed by atoms with Gasteiger partial charge in [-0.3, -0.25) is 9.69 Å². The molecule has 1 aliphatic carbocycles. The Morgan fingerprint density at radius 1 is 1.26 bits per heavy atom. The summed E-state index contributed by atoms with van der Waals surface area (Å²) in [7, 11) is 3.80. The van der Waals surface area contributed by atoms with Crippen molar-refractivity contribution in [2.75, 3.05) is 27.2 Å². The van der Waals surface area contributed by atoms with Crippen molar-refractivity contribution in [3.63, 3.8) is 0 Å². The molecule has 0 radical (unpaired) electrons. The van der Waals surface area contributed by atoms with Gasteiger partial charge in [0.1, 0.15) is 5.58 Å². The number of carbonyl (C=O) groups is 1. The van der Waals surface area contributed by atoms with Crippen LogP contribution in [-0.2, 0) is 16.0 Å². The molecule has 5 nitrogen and oxygen atoms in total. The van der Waals surface area contributed by atoms with Gasteiger partial charge >= 0.3 is 0 Å². The van der Waals surface area contributed by atoms with Gasteiger partial charge < -0.3 is 14.1 Å². The van der Waals surface area contributed by atoms with Crippen LogP contribution in [0.25, 0.3) is 11.0 Å². The van der Waals surface area contributed by atoms with Crippen LogP contribution < -0.4 is 0 Å². The molecule has 0 N–H and O–H groups in total. The van der Waals surface area contributed by atoms with E-state index in [0.717, 1.165) is 48.9 Å². The number of ether oxygens (including phenoxy) is 1. The lowest BCUT2D eigenvalue weighted by Crippen LogP contribution is -2.55. The summed E-state index contributed by atoms with van der Waals surface area (Å²) < 4.78 is 11.1. The standard InChI is InChI=1S/C22H30N2O3/c1-23(22(25)14-16-6-5-7-21-18(16)10-13-27-21)19-9-8-17(26-2)15-20(19)24-11-3-4-12-24/h5-7,10,13,17,19-20H,3-4,8-9,11-12,14-15H2,1-2H3. The molecule has 1 saturated heterocycles. The second kappa shape index (κ2) is 8.03. The highest BCUT2D eigenvalue weighted by Crippen LogP contribution is 2.31. The van der Waals surface area contributed by atoms with Gasteiger partial charge in [0.05, 0.1) is 18.8 Å². The molecule has 0 bridgehead atoms. The smallest absolute Gasteiger partial charge is 0.227 e. The van der Waals surface area contributed by atoms with Gasteiger partial charge in [0, 0.05) is 31.6 Å². The predicted molar refractivity (Wildman–Crippen MR) is 106 cm³/mol. The lowest BCUT2D eigenvalue weighted by Gasteiger charge is -2.44. The Morgan fingerprint density at radius 2 is 2.07 bits per heavy atom. The summed E-state index contributed by atoms with van der Waals surface area (Å²) in [5.74, 6) is 0.189. The van der Waals surface area contributed by atoms with E-state index in [2.05, 4.69) is 4.90 Å². The SMILES string of the molecule is COC1CCC(N(C)C(=O)Cc2cccc3occc23)C(N2CCCC2)C1. The van der Waals surface area contributed by atoms with E-state index in [-0.39, 0.29) is 11.9 Å². The number of likely N-dealkylation sites (N-methyl/N-ethyl adjacent to an activating group) is 1. The molecule has 27 heavy (non-hydrogen) atoms. The van der Waals surface area contributed by atoms with Crippen LogP contribution in [-0.4, -0.2) is 61.1 Å². The zero-order valence-electron chi connectivity index (χ0n) is 16.4. The maximum atomic E-state index is 13.1. The summed E-state index contributed by atoms with van der Waals surface area (Å²) >= 11 is 0. The zero-order valence-corrected chi connectivity index (χ0v) is 16.4. The van der Waals surface area contributed by atoms with E-state index in [1.165, 1.54) is 12.8 Å². The first-order chi connectivity index (χ1) is 13.2. The van der Waals surface area contributed by atoms with Crippen molar-refractivity contribution in [1.82, 2.24) is 9.80 Å². The summed E-state index contributed by atoms with van der Waals surface area (Å²) in [6, 6.07) is 8.57. The molecule has 3 atom stereocenters. The molecule has 5 heteroatoms. The molecule has 1 aliphatic heterocycles. The Bertz CT molecular complexity index is 781. The topological polar surface area (TPSA) is 45.9 Å². The second-order valence-corrected chi connectivity index (χ2v) is 7.98. The van der Waals surface area contributed by atoms with Crippen LogP contribution in [0.2, 0.25) is 0 Å². The van der Waals surface area contributed by atoms with Crippen LogP contribution in [0.3, 0.4) is 0 Å². The monoisotopic (exact) mass is 370 g/mol. The molecular weight excluding hydrogens is 340 g/mol. The zero-order chi connectivity index (χ0) is 18.8. The van der Waals surface area contributed by atoms with Gasteiger partial charge in [0.25, 0.3) is 0 Å². The van der Waals surface area contributed by atoms with Crippen molar-refractivity contribution < 1.29 is 13.9 Å². The van der Waals surface area contributed by atoms with Gasteiger partial charge in [-0.1, -0.05) is 12.1 Å². The largest absolute Gasteiger partial charge is 0.464 e. The van der Waals surface area contributed by atoms with Crippen molar-refractivity contribution in [2.45, 2.75) is 56.7 Å². The maximum Gasteiger partial charge on any atom is 0.227 e. The highest BCUT2D eigenvalue weighted by molar-refractivity contribution is 5.87. The maximum absolute atomic E-state index is 13.1. The molecule has 1 aromatic heterocycles. The van der Waals surface area contributed by atoms with E-state index in [4.69, 9.17) is 9.15 Å². The first-order valence-electron chi connectivity index (χ1n) is 10.1. The van der Waals surface area contributed by atoms with Gasteiger partial charge in [-0.05, 0) is 62.9 Å². The first-order valence-corrected chi connectivity index (χ1v) is 10.1. The molecule has 1 amide bonds. The second-order valence-electron chi connectivity index (χ2n) is 7.98. The van der Waals surface area contributed by atoms with Crippen LogP contribution in [0.15, 0.2) is 34.9 Å². The summed E-state index contributed by atoms with van der Waals surface area (Å²) in [5, 5.41) is 1.04. The van der Waals surface area contributed by atoms with Crippen LogP contribution >= 0.6 is 0 Å². The molecule has 0 spiro atoms. The summed E-state index contributed by atoms with van der Waals surface area (Å²) in [6.07, 6.45) is 8.02. The summed E-state index contributed by atoms with van der Waals surface area (Å²) in [5.41, 5.74) is 1.89. The normalized spacial score (nSPS) is 26.5. The van der Waals surface area contributed by atoms with E-state index in [9.17, 15) is 4.79 Å². The molecule has 2 aromatic rings. The Balaban J connectivity index is 1.50. The molecule has 2 aliphatic rings. The third kappa shape index (κ3) is 3.76. The number of fused-ring (bicyclic) bond motifs is 1. The summed E-state index contributed by atoms with van der Waals surface area (Å²) in [6.45, 7) is 2.29. The van der Waals surface area contributed by atoms with Crippen LogP contribution in [0, 0.1) is 0 Å². The molecule has 1 aromatic carbocycles. The Morgan fingerprint density at radius 3 is 2.85 bits per heavy atom. The van der Waals surface area contributed by atoms with E-state index in [0.29, 0.717) is 18.6 Å². The molecule has 3 unspecified atom stereocenters. The Labute approximate surface area is 161 Å². The number of furan rings is 1. The van der Waals surface area contributed by atoms with Crippen LogP contribution in [0.1, 0.15) is 37.7 Å². The third-order valence-electron chi connectivity index (χ3n) is 6.49. The predicted octanol–water partition coefficient (Wildman–Crippen LogP) is 3.47. The number of methoxy groups -OCH3 is 1. The van der Waals surface area contributed by atoms with Gasteiger partial charge in [-0.2, -0.15) is 0 Å². The number of carbonyl (C=O) groups excluding carboxylic acids is 1. The summed E-state index contributed by atoms with van der Waals surface area (Å²) in [4.78, 5) is 17.7. The van der Waals surface area contributed by atoms with Crippen molar-refractivity contribution in [3.05, 3.63) is 36.1 Å². The number of nitrogens with zero attached hydrogens (tertiary/aromatic N) is 2. The minimum Gasteiger partial charge on any atom is -0.464 e. The molecule has 2 heterocycles. The fourth-order valence-corrected chi connectivity index (χ4v) is 4.91. The molecule has 4 rings (SSSR count). The lowest BCUT2D eigenvalue weighted by molar-refractivity contribution is -0.134. The first kappa shape index (κ1) is 18.5. The van der Waals surface area contributed by atoms with Crippen molar-refractivity contribution >= 4 is 16.9 Å². The minimum atomic E-state index is 0.189. The van der Waals surface area contributed by atoms with E-state index in [1.807, 2.05) is 43.3 Å². The fraction of sp³-hybridized carbons (Fsp3) is 0.591. The number of rotatable bonds is 5. The van der Waals surface area contributed by atoms with E-state index < -0.39 is 0 Å². The average molecular weight is 370 g/mol. The van der Waals surface area contributed by atoms with Crippen molar-refractivity contribution in [2.24, 2.45) is 0 Å². The molecule has 1 saturated carbocycles. The Kier molecular flexibility index (Phi) is 5.50. The molecular formula is C22H30N2O3. The quantitative estimate of drug-likeness (QED) is 0.809. The van der Waals surface area contributed by atoms with E-state index in [1.54, 1.807) is 6.26 Å². The highest BCUT2D eigenvalue weighted by atomic mass is 16.5. The fourth-order valence-electron chi connectivity index (χ4n) is 4.91. The average Bonchev–Trinajstić information content (AvgIpc) is 3.39. The minimum absolute atomic E-state index is 0.189. The number of amides is 1. The number of likely N-dealkylation sites (tertiary alicyclic amines) is 1. The molecule has 2 fully saturated rings. The van der Waals surface area contributed by atoms with E-state index >= 15 is 0 Å². The van der Waals surface area contributed by atoms with Gasteiger partial charge in [-0.25, -0.2) is 0 Å². The van der Waals surface area contributed by atoms with Crippen molar-refractivity contribution in [3.8, 4) is 0 Å². The Hall–Kier alpha value is -1.85. The number of hydrogen-bond donors (Lipinski definition) is 0. The van der Waals surface area contributed by atoms with Gasteiger partial charge in [-0.15, -0.1) is 0 Å². The van der Waals surface area contributed by atoms with Crippen LogP contribution in [0.5, 0.6) is 0 Å². The van der Waals surface area contributed by atoms with Crippen LogP contribution in [0.4, 0.5) is 0 Å². The van der Waals surface area contributed by atoms with Gasteiger partial charge in [0.15, 0.2) is 0 Å². The number of hydrogen-bond acceptors (Lipinski definition) is 4.